The van der Waals surface area contributed by atoms with Gasteiger partial charge in [0, 0.05) is 31.1 Å². The van der Waals surface area contributed by atoms with Crippen molar-refractivity contribution in [2.75, 3.05) is 6.54 Å². The lowest BCUT2D eigenvalue weighted by atomic mass is 9.85. The molecule has 8 nitrogen and oxygen atoms in total. The molecular weight excluding hydrogens is 454 g/mol. The predicted molar refractivity (Wildman–Crippen MR) is 136 cm³/mol. The molecule has 1 aromatic heterocycles. The highest BCUT2D eigenvalue weighted by atomic mass is 16.3. The number of hydrogen-bond acceptors (Lipinski definition) is 5. The largest absolute Gasteiger partial charge is 0.391 e. The number of nitrogens with one attached hydrogen (secondary N) is 1. The van der Waals surface area contributed by atoms with E-state index >= 15 is 0 Å². The average Bonchev–Trinajstić information content (AvgIpc) is 3.72. The molecule has 36 heavy (non-hydrogen) atoms. The number of amides is 2. The fraction of sp³-hybridized carbons (Fsp3) is 0.643. The third kappa shape index (κ3) is 5.05. The second-order valence-electron chi connectivity index (χ2n) is 12.3. The van der Waals surface area contributed by atoms with Gasteiger partial charge in [-0.15, -0.1) is 5.10 Å². The van der Waals surface area contributed by atoms with Crippen LogP contribution in [0, 0.1) is 18.3 Å². The number of carbonyl (C=O) groups is 2. The lowest BCUT2D eigenvalue weighted by Crippen LogP contribution is -2.52. The fourth-order valence-electron chi connectivity index (χ4n) is 5.81. The predicted octanol–water partition coefficient (Wildman–Crippen LogP) is 3.32. The van der Waals surface area contributed by atoms with Gasteiger partial charge in [0.05, 0.1) is 11.8 Å². The zero-order chi connectivity index (χ0) is 25.8. The van der Waals surface area contributed by atoms with Crippen LogP contribution in [0.1, 0.15) is 88.1 Å². The van der Waals surface area contributed by atoms with Crippen LogP contribution >= 0.6 is 0 Å². The van der Waals surface area contributed by atoms with Gasteiger partial charge in [-0.2, -0.15) is 0 Å². The first-order valence-corrected chi connectivity index (χ1v) is 13.3. The Morgan fingerprint density at radius 2 is 1.94 bits per heavy atom. The summed E-state index contributed by atoms with van der Waals surface area (Å²) >= 11 is 0. The van der Waals surface area contributed by atoms with Crippen molar-refractivity contribution in [3.63, 3.8) is 0 Å². The number of aliphatic hydroxyl groups is 1. The van der Waals surface area contributed by atoms with Crippen LogP contribution in [0.3, 0.4) is 0 Å². The van der Waals surface area contributed by atoms with Crippen molar-refractivity contribution in [2.24, 2.45) is 11.3 Å². The maximum absolute atomic E-state index is 13.9. The van der Waals surface area contributed by atoms with Crippen LogP contribution in [0.5, 0.6) is 0 Å². The van der Waals surface area contributed by atoms with Gasteiger partial charge < -0.3 is 15.3 Å². The molecule has 6 atom stereocenters. The number of aromatic nitrogens is 3. The van der Waals surface area contributed by atoms with E-state index in [0.717, 1.165) is 25.0 Å². The molecular formula is C28H39N5O3. The first-order valence-electron chi connectivity index (χ1n) is 13.3. The summed E-state index contributed by atoms with van der Waals surface area (Å²) in [6.07, 6.45) is 4.67. The molecule has 3 unspecified atom stereocenters. The summed E-state index contributed by atoms with van der Waals surface area (Å²) in [5.74, 6) is 0.888. The number of β-amino-alcohol motifs (C(OH)–C–C–N with tert-alkyl or cyclic N) is 1. The molecule has 3 fully saturated rings. The van der Waals surface area contributed by atoms with Crippen LogP contribution in [-0.2, 0) is 9.59 Å². The standard InChI is InChI=1S/C28H39N5O3/c1-16-7-6-8-19(11-16)22-13-21(22)17(2)29-26(35)24-12-20(34)14-32(24)27(36)25(28(3,4)5)33-15-23(30-31-33)18-9-10-18/h6-8,11,15,17-18,20-22,24-25,34H,9-10,12-14H2,1-5H3,(H,29,35)/t17?,20-,21?,22?,24+,25-/m1/s1. The summed E-state index contributed by atoms with van der Waals surface area (Å²) in [4.78, 5) is 28.9. The van der Waals surface area contributed by atoms with Crippen molar-refractivity contribution < 1.29 is 14.7 Å². The number of hydrogen-bond donors (Lipinski definition) is 2. The van der Waals surface area contributed by atoms with Gasteiger partial charge in [0.15, 0.2) is 0 Å². The van der Waals surface area contributed by atoms with Crippen molar-refractivity contribution in [2.45, 2.75) is 96.4 Å². The summed E-state index contributed by atoms with van der Waals surface area (Å²) in [5.41, 5.74) is 3.05. The summed E-state index contributed by atoms with van der Waals surface area (Å²) < 4.78 is 1.66. The van der Waals surface area contributed by atoms with E-state index in [4.69, 9.17) is 0 Å². The van der Waals surface area contributed by atoms with E-state index in [1.807, 2.05) is 33.9 Å². The number of rotatable bonds is 7. The Morgan fingerprint density at radius 1 is 1.19 bits per heavy atom. The Bertz CT molecular complexity index is 1130. The zero-order valence-corrected chi connectivity index (χ0v) is 22.0. The van der Waals surface area contributed by atoms with Crippen molar-refractivity contribution in [3.05, 3.63) is 47.3 Å². The summed E-state index contributed by atoms with van der Waals surface area (Å²) in [6, 6.07) is 7.25. The minimum atomic E-state index is -0.723. The van der Waals surface area contributed by atoms with E-state index < -0.39 is 23.6 Å². The molecule has 5 rings (SSSR count). The topological polar surface area (TPSA) is 100 Å². The number of likely N-dealkylation sites (tertiary alicyclic amines) is 1. The van der Waals surface area contributed by atoms with Gasteiger partial charge in [-0.3, -0.25) is 9.59 Å². The molecule has 2 saturated carbocycles. The monoisotopic (exact) mass is 493 g/mol. The molecule has 1 aromatic carbocycles. The van der Waals surface area contributed by atoms with Gasteiger partial charge in [-0.05, 0) is 55.9 Å². The zero-order valence-electron chi connectivity index (χ0n) is 22.0. The summed E-state index contributed by atoms with van der Waals surface area (Å²) in [5, 5.41) is 22.3. The molecule has 2 amide bonds. The Kier molecular flexibility index (Phi) is 6.43. The van der Waals surface area contributed by atoms with E-state index in [9.17, 15) is 14.7 Å². The minimum Gasteiger partial charge on any atom is -0.391 e. The number of aryl methyl sites for hydroxylation is 1. The van der Waals surface area contributed by atoms with E-state index in [1.165, 1.54) is 11.1 Å². The first-order chi connectivity index (χ1) is 17.0. The second-order valence-corrected chi connectivity index (χ2v) is 12.3. The van der Waals surface area contributed by atoms with Crippen LogP contribution in [0.2, 0.25) is 0 Å². The molecule has 2 N–H and O–H groups in total. The Labute approximate surface area is 213 Å². The van der Waals surface area contributed by atoms with Gasteiger partial charge in [-0.1, -0.05) is 55.8 Å². The van der Waals surface area contributed by atoms with Gasteiger partial charge in [0.2, 0.25) is 11.8 Å². The molecule has 0 bridgehead atoms. The third-order valence-corrected chi connectivity index (χ3v) is 8.03. The molecule has 2 aliphatic carbocycles. The maximum atomic E-state index is 13.9. The molecule has 0 spiro atoms. The fourth-order valence-corrected chi connectivity index (χ4v) is 5.81. The lowest BCUT2D eigenvalue weighted by molar-refractivity contribution is -0.144. The van der Waals surface area contributed by atoms with Gasteiger partial charge >= 0.3 is 0 Å². The quantitative estimate of drug-likeness (QED) is 0.616. The highest BCUT2D eigenvalue weighted by Crippen LogP contribution is 2.49. The number of benzene rings is 1. The molecule has 3 aliphatic rings. The SMILES string of the molecule is Cc1cccc(C2CC2C(C)NC(=O)[C@@H]2C[C@@H](O)CN2C(=O)[C@@H](n2cc(C3CC3)nn2)C(C)(C)C)c1. The van der Waals surface area contributed by atoms with Crippen molar-refractivity contribution in [3.8, 4) is 0 Å². The molecule has 8 heteroatoms. The Balaban J connectivity index is 1.28. The number of nitrogens with zero attached hydrogens (tertiary/aromatic N) is 4. The van der Waals surface area contributed by atoms with Crippen molar-refractivity contribution >= 4 is 11.8 Å². The third-order valence-electron chi connectivity index (χ3n) is 8.03. The highest BCUT2D eigenvalue weighted by molar-refractivity contribution is 5.90. The Hall–Kier alpha value is -2.74. The molecule has 1 saturated heterocycles. The maximum Gasteiger partial charge on any atom is 0.248 e. The average molecular weight is 494 g/mol. The van der Waals surface area contributed by atoms with Crippen LogP contribution in [-0.4, -0.2) is 61.5 Å². The van der Waals surface area contributed by atoms with Crippen LogP contribution < -0.4 is 5.32 Å². The smallest absolute Gasteiger partial charge is 0.248 e. The van der Waals surface area contributed by atoms with E-state index in [-0.39, 0.29) is 30.8 Å². The molecule has 1 aliphatic heterocycles. The number of carbonyl (C=O) groups excluding carboxylic acids is 2. The second kappa shape index (κ2) is 9.29. The molecule has 2 aromatic rings. The first kappa shape index (κ1) is 24.9. The lowest BCUT2D eigenvalue weighted by Gasteiger charge is -2.34. The Morgan fingerprint density at radius 3 is 2.61 bits per heavy atom. The van der Waals surface area contributed by atoms with Gasteiger partial charge in [-0.25, -0.2) is 4.68 Å². The summed E-state index contributed by atoms with van der Waals surface area (Å²) in [7, 11) is 0. The molecule has 0 radical (unpaired) electrons. The number of aliphatic hydroxyl groups excluding tert-OH is 1. The van der Waals surface area contributed by atoms with E-state index in [2.05, 4.69) is 46.8 Å². The highest BCUT2D eigenvalue weighted by Gasteiger charge is 2.47. The summed E-state index contributed by atoms with van der Waals surface area (Å²) in [6.45, 7) is 10.3. The van der Waals surface area contributed by atoms with Crippen molar-refractivity contribution in [1.29, 1.82) is 0 Å². The van der Waals surface area contributed by atoms with Gasteiger partial charge in [0.25, 0.3) is 0 Å². The van der Waals surface area contributed by atoms with Crippen LogP contribution in [0.15, 0.2) is 30.5 Å². The minimum absolute atomic E-state index is 0.00691. The van der Waals surface area contributed by atoms with Crippen LogP contribution in [0.25, 0.3) is 0 Å². The van der Waals surface area contributed by atoms with Crippen molar-refractivity contribution in [1.82, 2.24) is 25.2 Å². The van der Waals surface area contributed by atoms with Gasteiger partial charge in [0.1, 0.15) is 12.1 Å². The molecule has 2 heterocycles. The molecule has 194 valence electrons. The van der Waals surface area contributed by atoms with E-state index in [1.54, 1.807) is 9.58 Å². The van der Waals surface area contributed by atoms with Crippen LogP contribution in [0.4, 0.5) is 0 Å². The van der Waals surface area contributed by atoms with E-state index in [0.29, 0.717) is 17.8 Å². The normalized spacial score (nSPS) is 27.6.